The van der Waals surface area contributed by atoms with Crippen LogP contribution in [0.15, 0.2) is 66.0 Å². The molecule has 0 unspecified atom stereocenters. The molecule has 0 aliphatic rings. The van der Waals surface area contributed by atoms with Gasteiger partial charge in [0.25, 0.3) is 0 Å². The summed E-state index contributed by atoms with van der Waals surface area (Å²) in [5.74, 6) is -0.607. The SMILES string of the molecule is CCOC(=O)c1nc([C@@H](CC(C)C)NC(=O)[C@H](Cc2ccccc2)NC(=O)OCc2ccccc2)cs1. The number of alkyl carbamates (subject to hydrolysis) is 1. The average Bonchev–Trinajstić information content (AvgIpc) is 3.38. The van der Waals surface area contributed by atoms with E-state index in [-0.39, 0.29) is 36.5 Å². The minimum absolute atomic E-state index is 0.0950. The summed E-state index contributed by atoms with van der Waals surface area (Å²) in [6.07, 6.45) is 0.208. The van der Waals surface area contributed by atoms with Gasteiger partial charge in [0.2, 0.25) is 10.9 Å². The number of aromatic nitrogens is 1. The first-order valence-electron chi connectivity index (χ1n) is 12.3. The fraction of sp³-hybridized carbons (Fsp3) is 0.357. The van der Waals surface area contributed by atoms with E-state index in [2.05, 4.69) is 15.6 Å². The Morgan fingerprint density at radius 2 is 1.57 bits per heavy atom. The summed E-state index contributed by atoms with van der Waals surface area (Å²) in [5.41, 5.74) is 2.32. The molecule has 0 spiro atoms. The van der Waals surface area contributed by atoms with Gasteiger partial charge in [0.15, 0.2) is 0 Å². The number of thiazole rings is 1. The third-order valence-electron chi connectivity index (χ3n) is 5.46. The molecule has 9 heteroatoms. The number of esters is 1. The van der Waals surface area contributed by atoms with Crippen molar-refractivity contribution in [3.05, 3.63) is 87.9 Å². The number of benzene rings is 2. The molecule has 2 aromatic carbocycles. The number of ether oxygens (including phenoxy) is 2. The predicted octanol–water partition coefficient (Wildman–Crippen LogP) is 5.06. The summed E-state index contributed by atoms with van der Waals surface area (Å²) < 4.78 is 10.4. The van der Waals surface area contributed by atoms with E-state index in [1.807, 2.05) is 74.5 Å². The Labute approximate surface area is 221 Å². The van der Waals surface area contributed by atoms with Gasteiger partial charge in [0.1, 0.15) is 12.6 Å². The average molecular weight is 524 g/mol. The first kappa shape index (κ1) is 27.9. The van der Waals surface area contributed by atoms with Crippen molar-refractivity contribution in [1.29, 1.82) is 0 Å². The summed E-state index contributed by atoms with van der Waals surface area (Å²) in [4.78, 5) is 42.6. The number of nitrogens with zero attached hydrogens (tertiary/aromatic N) is 1. The topological polar surface area (TPSA) is 107 Å². The molecule has 0 aliphatic carbocycles. The first-order chi connectivity index (χ1) is 17.9. The van der Waals surface area contributed by atoms with Crippen LogP contribution in [0.4, 0.5) is 4.79 Å². The number of hydrogen-bond donors (Lipinski definition) is 2. The van der Waals surface area contributed by atoms with Crippen molar-refractivity contribution in [1.82, 2.24) is 15.6 Å². The lowest BCUT2D eigenvalue weighted by atomic mass is 10.00. The second-order valence-corrected chi connectivity index (χ2v) is 9.80. The van der Waals surface area contributed by atoms with Gasteiger partial charge in [0, 0.05) is 11.8 Å². The van der Waals surface area contributed by atoms with Crippen molar-refractivity contribution in [2.45, 2.75) is 52.3 Å². The Kier molecular flexibility index (Phi) is 10.6. The van der Waals surface area contributed by atoms with Crippen LogP contribution >= 0.6 is 11.3 Å². The lowest BCUT2D eigenvalue weighted by molar-refractivity contribution is -0.124. The minimum Gasteiger partial charge on any atom is -0.461 e. The van der Waals surface area contributed by atoms with E-state index in [1.54, 1.807) is 12.3 Å². The third-order valence-corrected chi connectivity index (χ3v) is 6.30. The molecular weight excluding hydrogens is 490 g/mol. The van der Waals surface area contributed by atoms with Gasteiger partial charge in [-0.1, -0.05) is 74.5 Å². The second-order valence-electron chi connectivity index (χ2n) is 8.94. The molecule has 1 heterocycles. The molecule has 3 aromatic rings. The van der Waals surface area contributed by atoms with Crippen LogP contribution in [0.3, 0.4) is 0 Å². The molecule has 0 fully saturated rings. The van der Waals surface area contributed by atoms with Gasteiger partial charge in [-0.05, 0) is 30.4 Å². The summed E-state index contributed by atoms with van der Waals surface area (Å²) in [5, 5.41) is 7.75. The molecule has 8 nitrogen and oxygen atoms in total. The van der Waals surface area contributed by atoms with Crippen LogP contribution in [0, 0.1) is 5.92 Å². The third kappa shape index (κ3) is 9.02. The molecular formula is C28H33N3O5S. The van der Waals surface area contributed by atoms with Crippen LogP contribution in [-0.4, -0.2) is 35.6 Å². The highest BCUT2D eigenvalue weighted by atomic mass is 32.1. The maximum absolute atomic E-state index is 13.5. The monoisotopic (exact) mass is 523 g/mol. The van der Waals surface area contributed by atoms with Crippen LogP contribution in [0.1, 0.15) is 59.9 Å². The molecule has 0 saturated carbocycles. The Morgan fingerprint density at radius 3 is 2.19 bits per heavy atom. The zero-order valence-corrected chi connectivity index (χ0v) is 22.1. The van der Waals surface area contributed by atoms with E-state index in [0.29, 0.717) is 12.1 Å². The summed E-state index contributed by atoms with van der Waals surface area (Å²) in [6.45, 7) is 6.17. The normalized spacial score (nSPS) is 12.4. The quantitative estimate of drug-likeness (QED) is 0.321. The highest BCUT2D eigenvalue weighted by Gasteiger charge is 2.27. The number of carbonyl (C=O) groups excluding carboxylic acids is 3. The van der Waals surface area contributed by atoms with Crippen molar-refractivity contribution < 1.29 is 23.9 Å². The van der Waals surface area contributed by atoms with E-state index >= 15 is 0 Å². The molecule has 196 valence electrons. The van der Waals surface area contributed by atoms with Crippen LogP contribution in [0.2, 0.25) is 0 Å². The van der Waals surface area contributed by atoms with Crippen molar-refractivity contribution in [2.24, 2.45) is 5.92 Å². The van der Waals surface area contributed by atoms with Crippen LogP contribution < -0.4 is 10.6 Å². The Morgan fingerprint density at radius 1 is 0.919 bits per heavy atom. The van der Waals surface area contributed by atoms with Gasteiger partial charge in [0.05, 0.1) is 18.3 Å². The highest BCUT2D eigenvalue weighted by molar-refractivity contribution is 7.11. The van der Waals surface area contributed by atoms with Crippen molar-refractivity contribution in [3.63, 3.8) is 0 Å². The van der Waals surface area contributed by atoms with E-state index in [1.165, 1.54) is 11.3 Å². The zero-order valence-electron chi connectivity index (χ0n) is 21.3. The van der Waals surface area contributed by atoms with Crippen molar-refractivity contribution in [2.75, 3.05) is 6.61 Å². The van der Waals surface area contributed by atoms with Crippen LogP contribution in [0.25, 0.3) is 0 Å². The number of amides is 2. The molecule has 2 atom stereocenters. The van der Waals surface area contributed by atoms with Crippen LogP contribution in [0.5, 0.6) is 0 Å². The summed E-state index contributed by atoms with van der Waals surface area (Å²) >= 11 is 1.18. The molecule has 0 aliphatic heterocycles. The Bertz CT molecular complexity index is 1150. The molecule has 2 amide bonds. The maximum atomic E-state index is 13.5. The standard InChI is InChI=1S/C28H33N3O5S/c1-4-35-27(33)26-30-24(18-37-26)22(15-19(2)3)29-25(32)23(16-20-11-7-5-8-12-20)31-28(34)36-17-21-13-9-6-10-14-21/h5-14,18-19,22-23H,4,15-17H2,1-3H3,(H,29,32)(H,31,34)/t22-,23+/m1/s1. The summed E-state index contributed by atoms with van der Waals surface area (Å²) in [6, 6.07) is 17.5. The summed E-state index contributed by atoms with van der Waals surface area (Å²) in [7, 11) is 0. The highest BCUT2D eigenvalue weighted by Crippen LogP contribution is 2.24. The smallest absolute Gasteiger partial charge is 0.408 e. The molecule has 0 saturated heterocycles. The van der Waals surface area contributed by atoms with Gasteiger partial charge >= 0.3 is 12.1 Å². The van der Waals surface area contributed by atoms with E-state index in [0.717, 1.165) is 11.1 Å². The number of carbonyl (C=O) groups is 3. The molecule has 37 heavy (non-hydrogen) atoms. The fourth-order valence-electron chi connectivity index (χ4n) is 3.70. The van der Waals surface area contributed by atoms with E-state index < -0.39 is 24.1 Å². The lowest BCUT2D eigenvalue weighted by Gasteiger charge is -2.24. The van der Waals surface area contributed by atoms with E-state index in [9.17, 15) is 14.4 Å². The van der Waals surface area contributed by atoms with Crippen LogP contribution in [-0.2, 0) is 27.3 Å². The largest absolute Gasteiger partial charge is 0.461 e. The van der Waals surface area contributed by atoms with Gasteiger partial charge < -0.3 is 20.1 Å². The fourth-order valence-corrected chi connectivity index (χ4v) is 4.46. The first-order valence-corrected chi connectivity index (χ1v) is 13.2. The van der Waals surface area contributed by atoms with Gasteiger partial charge in [-0.3, -0.25) is 4.79 Å². The molecule has 0 radical (unpaired) electrons. The Balaban J connectivity index is 1.74. The van der Waals surface area contributed by atoms with Gasteiger partial charge in [-0.2, -0.15) is 0 Å². The maximum Gasteiger partial charge on any atom is 0.408 e. The Hall–Kier alpha value is -3.72. The van der Waals surface area contributed by atoms with E-state index in [4.69, 9.17) is 9.47 Å². The molecule has 0 bridgehead atoms. The lowest BCUT2D eigenvalue weighted by Crippen LogP contribution is -2.49. The van der Waals surface area contributed by atoms with Gasteiger partial charge in [-0.25, -0.2) is 14.6 Å². The number of rotatable bonds is 12. The molecule has 1 aromatic heterocycles. The zero-order chi connectivity index (χ0) is 26.6. The van der Waals surface area contributed by atoms with Gasteiger partial charge in [-0.15, -0.1) is 11.3 Å². The minimum atomic E-state index is -0.872. The molecule has 2 N–H and O–H groups in total. The second kappa shape index (κ2) is 14.1. The predicted molar refractivity (Wildman–Crippen MR) is 142 cm³/mol. The number of hydrogen-bond acceptors (Lipinski definition) is 7. The van der Waals surface area contributed by atoms with Crippen molar-refractivity contribution in [3.8, 4) is 0 Å². The van der Waals surface area contributed by atoms with Crippen molar-refractivity contribution >= 4 is 29.3 Å². The molecule has 3 rings (SSSR count). The number of nitrogens with one attached hydrogen (secondary N) is 2.